The summed E-state index contributed by atoms with van der Waals surface area (Å²) in [6, 6.07) is 10.2. The Kier molecular flexibility index (Phi) is 11.5. The molecule has 7 heteroatoms. The molecule has 0 unspecified atom stereocenters. The minimum atomic E-state index is -0.00214. The van der Waals surface area contributed by atoms with Crippen LogP contribution in [0.3, 0.4) is 0 Å². The van der Waals surface area contributed by atoms with Crippen molar-refractivity contribution in [2.45, 2.75) is 78.8 Å². The van der Waals surface area contributed by atoms with Gasteiger partial charge >= 0.3 is 0 Å². The van der Waals surface area contributed by atoms with E-state index < -0.39 is 0 Å². The molecule has 220 valence electrons. The lowest BCUT2D eigenvalue weighted by Crippen LogP contribution is -2.37. The van der Waals surface area contributed by atoms with Gasteiger partial charge in [-0.1, -0.05) is 46.6 Å². The third kappa shape index (κ3) is 8.14. The fraction of sp³-hybridized carbons (Fsp3) is 0.606. The first-order chi connectivity index (χ1) is 19.5. The maximum atomic E-state index is 13.9. The maximum Gasteiger partial charge on any atom is 0.258 e. The molecule has 2 aliphatic rings. The Morgan fingerprint density at radius 2 is 1.52 bits per heavy atom. The molecule has 2 aliphatic heterocycles. The Balaban J connectivity index is 1.43. The molecular weight excluding hydrogens is 504 g/mol. The van der Waals surface area contributed by atoms with Gasteiger partial charge < -0.3 is 23.8 Å². The van der Waals surface area contributed by atoms with Crippen molar-refractivity contribution in [3.8, 4) is 17.2 Å². The molecule has 0 spiro atoms. The van der Waals surface area contributed by atoms with Gasteiger partial charge in [0.1, 0.15) is 17.2 Å². The number of nitrogens with zero attached hydrogens (tertiary/aromatic N) is 2. The number of benzene rings is 2. The van der Waals surface area contributed by atoms with Gasteiger partial charge in [0.2, 0.25) is 0 Å². The zero-order chi connectivity index (χ0) is 28.3. The fourth-order valence-electron chi connectivity index (χ4n) is 5.17. The minimum Gasteiger partial charge on any atom is -0.494 e. The van der Waals surface area contributed by atoms with Crippen LogP contribution in [0.2, 0.25) is 0 Å². The molecule has 4 rings (SSSR count). The number of amides is 1. The Bertz CT molecular complexity index is 1100. The second kappa shape index (κ2) is 15.3. The SMILES string of the molecule is CCCCOc1cc(OCCCC)c(C(C)C)cc1C(=O)N1Cc2ccc(OCCCN3CCOCC3)cc2C1. The molecule has 0 bridgehead atoms. The van der Waals surface area contributed by atoms with Gasteiger partial charge in [-0.2, -0.15) is 0 Å². The average Bonchev–Trinajstić information content (AvgIpc) is 3.39. The fourth-order valence-corrected chi connectivity index (χ4v) is 5.17. The van der Waals surface area contributed by atoms with Gasteiger partial charge in [-0.05, 0) is 60.1 Å². The predicted octanol–water partition coefficient (Wildman–Crippen LogP) is 6.42. The summed E-state index contributed by atoms with van der Waals surface area (Å²) in [4.78, 5) is 18.3. The van der Waals surface area contributed by atoms with Crippen LogP contribution in [0.25, 0.3) is 0 Å². The first kappa shape index (κ1) is 30.2. The number of hydrogen-bond donors (Lipinski definition) is 0. The Labute approximate surface area is 240 Å². The summed E-state index contributed by atoms with van der Waals surface area (Å²) < 4.78 is 23.8. The van der Waals surface area contributed by atoms with Crippen molar-refractivity contribution in [3.63, 3.8) is 0 Å². The van der Waals surface area contributed by atoms with Gasteiger partial charge in [0.25, 0.3) is 5.91 Å². The number of fused-ring (bicyclic) bond motifs is 1. The highest BCUT2D eigenvalue weighted by molar-refractivity contribution is 5.98. The number of hydrogen-bond acceptors (Lipinski definition) is 6. The molecule has 1 saturated heterocycles. The number of carbonyl (C=O) groups is 1. The molecule has 0 aromatic heterocycles. The molecule has 7 nitrogen and oxygen atoms in total. The Morgan fingerprint density at radius 3 is 2.23 bits per heavy atom. The standard InChI is InChI=1S/C33H48N2O5/c1-5-7-15-39-31-22-32(40-16-8-6-2)30(21-29(31)25(3)4)33(36)35-23-26-10-11-28(20-27(26)24-35)38-17-9-12-34-13-18-37-19-14-34/h10-11,20-22,25H,5-9,12-19,23-24H2,1-4H3. The van der Waals surface area contributed by atoms with E-state index in [4.69, 9.17) is 18.9 Å². The highest BCUT2D eigenvalue weighted by Crippen LogP contribution is 2.36. The molecule has 1 fully saturated rings. The molecule has 2 aromatic rings. The number of carbonyl (C=O) groups excluding carboxylic acids is 1. The van der Waals surface area contributed by atoms with Crippen LogP contribution in [0.1, 0.15) is 92.8 Å². The molecule has 0 atom stereocenters. The molecule has 0 aliphatic carbocycles. The molecule has 2 heterocycles. The van der Waals surface area contributed by atoms with E-state index in [0.29, 0.717) is 44.2 Å². The van der Waals surface area contributed by atoms with Gasteiger partial charge in [-0.25, -0.2) is 0 Å². The van der Waals surface area contributed by atoms with Gasteiger partial charge in [-0.3, -0.25) is 9.69 Å². The average molecular weight is 553 g/mol. The topological polar surface area (TPSA) is 60.5 Å². The quantitative estimate of drug-likeness (QED) is 0.238. The third-order valence-corrected chi connectivity index (χ3v) is 7.65. The van der Waals surface area contributed by atoms with Crippen LogP contribution in [0.5, 0.6) is 17.2 Å². The predicted molar refractivity (Wildman–Crippen MR) is 159 cm³/mol. The first-order valence-electron chi connectivity index (χ1n) is 15.3. The zero-order valence-corrected chi connectivity index (χ0v) is 25.0. The normalized spacial score (nSPS) is 15.4. The van der Waals surface area contributed by atoms with Crippen molar-refractivity contribution in [2.75, 3.05) is 52.7 Å². The summed E-state index contributed by atoms with van der Waals surface area (Å²) in [7, 11) is 0. The number of morpholine rings is 1. The summed E-state index contributed by atoms with van der Waals surface area (Å²) in [5.41, 5.74) is 3.99. The first-order valence-corrected chi connectivity index (χ1v) is 15.3. The number of ether oxygens (including phenoxy) is 4. The Morgan fingerprint density at radius 1 is 0.850 bits per heavy atom. The molecule has 1 amide bonds. The monoisotopic (exact) mass is 552 g/mol. The highest BCUT2D eigenvalue weighted by atomic mass is 16.5. The van der Waals surface area contributed by atoms with Gasteiger partial charge in [0.05, 0.1) is 38.6 Å². The minimum absolute atomic E-state index is 0.00214. The number of unbranched alkanes of at least 4 members (excludes halogenated alkanes) is 2. The van der Waals surface area contributed by atoms with Crippen LogP contribution in [-0.4, -0.2) is 68.4 Å². The molecule has 0 saturated carbocycles. The zero-order valence-electron chi connectivity index (χ0n) is 25.0. The lowest BCUT2D eigenvalue weighted by molar-refractivity contribution is 0.0358. The van der Waals surface area contributed by atoms with E-state index in [0.717, 1.165) is 87.6 Å². The van der Waals surface area contributed by atoms with Crippen LogP contribution >= 0.6 is 0 Å². The second-order valence-electron chi connectivity index (χ2n) is 11.2. The van der Waals surface area contributed by atoms with Crippen molar-refractivity contribution in [1.29, 1.82) is 0 Å². The van der Waals surface area contributed by atoms with Crippen LogP contribution < -0.4 is 14.2 Å². The number of rotatable bonds is 15. The molecular formula is C33H48N2O5. The van der Waals surface area contributed by atoms with E-state index in [-0.39, 0.29) is 11.8 Å². The van der Waals surface area contributed by atoms with E-state index in [1.165, 1.54) is 5.56 Å². The van der Waals surface area contributed by atoms with Crippen molar-refractivity contribution in [2.24, 2.45) is 0 Å². The molecule has 0 N–H and O–H groups in total. The van der Waals surface area contributed by atoms with E-state index >= 15 is 0 Å². The van der Waals surface area contributed by atoms with Gasteiger partial charge in [0.15, 0.2) is 0 Å². The van der Waals surface area contributed by atoms with Crippen molar-refractivity contribution in [3.05, 3.63) is 52.6 Å². The summed E-state index contributed by atoms with van der Waals surface area (Å²) in [6.07, 6.45) is 5.03. The van der Waals surface area contributed by atoms with Crippen LogP contribution in [-0.2, 0) is 17.8 Å². The third-order valence-electron chi connectivity index (χ3n) is 7.65. The summed E-state index contributed by atoms with van der Waals surface area (Å²) in [5.74, 6) is 2.54. The van der Waals surface area contributed by atoms with Gasteiger partial charge in [-0.15, -0.1) is 0 Å². The summed E-state index contributed by atoms with van der Waals surface area (Å²) >= 11 is 0. The van der Waals surface area contributed by atoms with Crippen LogP contribution in [0, 0.1) is 0 Å². The molecule has 2 aromatic carbocycles. The summed E-state index contributed by atoms with van der Waals surface area (Å²) in [5, 5.41) is 0. The largest absolute Gasteiger partial charge is 0.494 e. The second-order valence-corrected chi connectivity index (χ2v) is 11.2. The van der Waals surface area contributed by atoms with Crippen LogP contribution in [0.4, 0.5) is 0 Å². The van der Waals surface area contributed by atoms with Crippen molar-refractivity contribution < 1.29 is 23.7 Å². The molecule has 40 heavy (non-hydrogen) atoms. The van der Waals surface area contributed by atoms with Crippen molar-refractivity contribution >= 4 is 5.91 Å². The maximum absolute atomic E-state index is 13.9. The smallest absolute Gasteiger partial charge is 0.258 e. The Hall–Kier alpha value is -2.77. The van der Waals surface area contributed by atoms with Crippen LogP contribution in [0.15, 0.2) is 30.3 Å². The highest BCUT2D eigenvalue weighted by Gasteiger charge is 2.28. The van der Waals surface area contributed by atoms with E-state index in [9.17, 15) is 4.79 Å². The van der Waals surface area contributed by atoms with E-state index in [2.05, 4.69) is 44.7 Å². The molecule has 0 radical (unpaired) electrons. The van der Waals surface area contributed by atoms with Crippen molar-refractivity contribution in [1.82, 2.24) is 9.80 Å². The van der Waals surface area contributed by atoms with E-state index in [1.807, 2.05) is 23.1 Å². The summed E-state index contributed by atoms with van der Waals surface area (Å²) in [6.45, 7) is 16.3. The van der Waals surface area contributed by atoms with Gasteiger partial charge in [0, 0.05) is 38.8 Å². The lowest BCUT2D eigenvalue weighted by atomic mass is 9.98. The lowest BCUT2D eigenvalue weighted by Gasteiger charge is -2.26. The van der Waals surface area contributed by atoms with E-state index in [1.54, 1.807) is 0 Å².